The van der Waals surface area contributed by atoms with Crippen molar-refractivity contribution in [1.29, 1.82) is 0 Å². The quantitative estimate of drug-likeness (QED) is 0.854. The predicted octanol–water partition coefficient (Wildman–Crippen LogP) is 2.40. The fourth-order valence-corrected chi connectivity index (χ4v) is 2.22. The molecule has 4 nitrogen and oxygen atoms in total. The summed E-state index contributed by atoms with van der Waals surface area (Å²) in [6, 6.07) is 7.76. The second kappa shape index (κ2) is 5.65. The van der Waals surface area contributed by atoms with E-state index in [1.54, 1.807) is 18.4 Å². The van der Waals surface area contributed by atoms with E-state index in [1.165, 1.54) is 0 Å². The summed E-state index contributed by atoms with van der Waals surface area (Å²) in [5.41, 5.74) is 7.49. The van der Waals surface area contributed by atoms with Crippen LogP contribution in [0.25, 0.3) is 0 Å². The number of rotatable bonds is 5. The number of nitrogens with two attached hydrogens (primary N) is 1. The number of nitrogens with zero attached hydrogens (tertiary/aromatic N) is 1. The molecule has 0 radical (unpaired) electrons. The molecule has 0 aliphatic carbocycles. The molecular formula is C12H15N3OS. The molecular weight excluding hydrogens is 234 g/mol. The van der Waals surface area contributed by atoms with Crippen molar-refractivity contribution in [2.75, 3.05) is 19.0 Å². The van der Waals surface area contributed by atoms with Crippen molar-refractivity contribution in [2.24, 2.45) is 5.73 Å². The van der Waals surface area contributed by atoms with Gasteiger partial charge in [-0.15, -0.1) is 11.3 Å². The highest BCUT2D eigenvalue weighted by Gasteiger charge is 2.02. The first kappa shape index (κ1) is 11.9. The number of nitrogens with one attached hydrogen (secondary N) is 1. The number of anilines is 2. The number of ether oxygens (including phenoxy) is 1. The van der Waals surface area contributed by atoms with Crippen molar-refractivity contribution in [1.82, 2.24) is 4.98 Å². The topological polar surface area (TPSA) is 60.2 Å². The summed E-state index contributed by atoms with van der Waals surface area (Å²) in [6.07, 6.45) is 0.816. The van der Waals surface area contributed by atoms with Crippen LogP contribution in [0, 0.1) is 0 Å². The SMILES string of the molecule is COc1cccc(Nc2nc(CCN)cs2)c1. The lowest BCUT2D eigenvalue weighted by molar-refractivity contribution is 0.415. The Kier molecular flexibility index (Phi) is 3.95. The van der Waals surface area contributed by atoms with Crippen molar-refractivity contribution in [3.8, 4) is 5.75 Å². The summed E-state index contributed by atoms with van der Waals surface area (Å²) < 4.78 is 5.16. The second-order valence-electron chi connectivity index (χ2n) is 3.54. The van der Waals surface area contributed by atoms with E-state index in [0.717, 1.165) is 28.7 Å². The molecule has 1 aromatic heterocycles. The third kappa shape index (κ3) is 3.18. The Balaban J connectivity index is 2.08. The third-order valence-corrected chi connectivity index (χ3v) is 3.08. The number of hydrogen-bond donors (Lipinski definition) is 2. The fourth-order valence-electron chi connectivity index (χ4n) is 1.45. The summed E-state index contributed by atoms with van der Waals surface area (Å²) in [6.45, 7) is 0.627. The van der Waals surface area contributed by atoms with Gasteiger partial charge >= 0.3 is 0 Å². The van der Waals surface area contributed by atoms with Gasteiger partial charge in [-0.3, -0.25) is 0 Å². The second-order valence-corrected chi connectivity index (χ2v) is 4.40. The van der Waals surface area contributed by atoms with Crippen molar-refractivity contribution in [2.45, 2.75) is 6.42 Å². The highest BCUT2D eigenvalue weighted by molar-refractivity contribution is 7.13. The predicted molar refractivity (Wildman–Crippen MR) is 71.1 cm³/mol. The largest absolute Gasteiger partial charge is 0.497 e. The van der Waals surface area contributed by atoms with E-state index in [-0.39, 0.29) is 0 Å². The first-order valence-corrected chi connectivity index (χ1v) is 6.25. The van der Waals surface area contributed by atoms with Gasteiger partial charge in [0.1, 0.15) is 5.75 Å². The van der Waals surface area contributed by atoms with Gasteiger partial charge in [0, 0.05) is 23.6 Å². The number of methoxy groups -OCH3 is 1. The minimum atomic E-state index is 0.627. The van der Waals surface area contributed by atoms with E-state index < -0.39 is 0 Å². The van der Waals surface area contributed by atoms with Crippen LogP contribution >= 0.6 is 11.3 Å². The van der Waals surface area contributed by atoms with Crippen molar-refractivity contribution < 1.29 is 4.74 Å². The number of benzene rings is 1. The van der Waals surface area contributed by atoms with Crippen LogP contribution in [0.3, 0.4) is 0 Å². The average molecular weight is 249 g/mol. The van der Waals surface area contributed by atoms with Gasteiger partial charge < -0.3 is 15.8 Å². The molecule has 2 rings (SSSR count). The highest BCUT2D eigenvalue weighted by Crippen LogP contribution is 2.23. The van der Waals surface area contributed by atoms with Gasteiger partial charge in [-0.05, 0) is 18.7 Å². The van der Waals surface area contributed by atoms with Gasteiger partial charge in [0.2, 0.25) is 0 Å². The van der Waals surface area contributed by atoms with Gasteiger partial charge in [0.25, 0.3) is 0 Å². The van der Waals surface area contributed by atoms with Gasteiger partial charge in [-0.1, -0.05) is 6.07 Å². The third-order valence-electron chi connectivity index (χ3n) is 2.27. The maximum Gasteiger partial charge on any atom is 0.187 e. The molecule has 0 spiro atoms. The Labute approximate surface area is 104 Å². The maximum atomic E-state index is 5.49. The standard InChI is InChI=1S/C12H15N3OS/c1-16-11-4-2-3-9(7-11)14-12-15-10(5-6-13)8-17-12/h2-4,7-8H,5-6,13H2,1H3,(H,14,15). The summed E-state index contributed by atoms with van der Waals surface area (Å²) in [4.78, 5) is 4.44. The Morgan fingerprint density at radius 1 is 1.47 bits per heavy atom. The van der Waals surface area contributed by atoms with E-state index in [2.05, 4.69) is 10.3 Å². The summed E-state index contributed by atoms with van der Waals surface area (Å²) in [5, 5.41) is 6.14. The molecule has 90 valence electrons. The van der Waals surface area contributed by atoms with Crippen LogP contribution in [-0.4, -0.2) is 18.6 Å². The van der Waals surface area contributed by atoms with E-state index in [0.29, 0.717) is 6.54 Å². The molecule has 3 N–H and O–H groups in total. The van der Waals surface area contributed by atoms with E-state index in [1.807, 2.05) is 29.6 Å². The molecule has 0 aliphatic rings. The Bertz CT molecular complexity index is 484. The van der Waals surface area contributed by atoms with Gasteiger partial charge in [0.15, 0.2) is 5.13 Å². The molecule has 0 atom stereocenters. The van der Waals surface area contributed by atoms with Crippen LogP contribution in [0.5, 0.6) is 5.75 Å². The zero-order valence-corrected chi connectivity index (χ0v) is 10.5. The minimum absolute atomic E-state index is 0.627. The first-order valence-electron chi connectivity index (χ1n) is 5.37. The monoisotopic (exact) mass is 249 g/mol. The van der Waals surface area contributed by atoms with E-state index >= 15 is 0 Å². The molecule has 1 aromatic carbocycles. The molecule has 0 bridgehead atoms. The van der Waals surface area contributed by atoms with E-state index in [4.69, 9.17) is 10.5 Å². The molecule has 1 heterocycles. The smallest absolute Gasteiger partial charge is 0.187 e. The maximum absolute atomic E-state index is 5.49. The van der Waals surface area contributed by atoms with Gasteiger partial charge in [0.05, 0.1) is 12.8 Å². The van der Waals surface area contributed by atoms with Gasteiger partial charge in [-0.25, -0.2) is 4.98 Å². The Morgan fingerprint density at radius 3 is 3.12 bits per heavy atom. The summed E-state index contributed by atoms with van der Waals surface area (Å²) in [7, 11) is 1.65. The number of thiazole rings is 1. The minimum Gasteiger partial charge on any atom is -0.497 e. The number of hydrogen-bond acceptors (Lipinski definition) is 5. The first-order chi connectivity index (χ1) is 8.31. The molecule has 0 amide bonds. The van der Waals surface area contributed by atoms with Crippen LogP contribution < -0.4 is 15.8 Å². The van der Waals surface area contributed by atoms with Gasteiger partial charge in [-0.2, -0.15) is 0 Å². The summed E-state index contributed by atoms with van der Waals surface area (Å²) in [5.74, 6) is 0.828. The molecule has 5 heteroatoms. The average Bonchev–Trinajstić information content (AvgIpc) is 2.77. The van der Waals surface area contributed by atoms with Crippen LogP contribution in [0.4, 0.5) is 10.8 Å². The fraction of sp³-hybridized carbons (Fsp3) is 0.250. The highest BCUT2D eigenvalue weighted by atomic mass is 32.1. The van der Waals surface area contributed by atoms with E-state index in [9.17, 15) is 0 Å². The Morgan fingerprint density at radius 2 is 2.35 bits per heavy atom. The number of aromatic nitrogens is 1. The molecule has 0 unspecified atom stereocenters. The lowest BCUT2D eigenvalue weighted by atomic mass is 10.3. The Hall–Kier alpha value is -1.59. The molecule has 0 saturated heterocycles. The van der Waals surface area contributed by atoms with Crippen molar-refractivity contribution in [3.63, 3.8) is 0 Å². The lowest BCUT2D eigenvalue weighted by Crippen LogP contribution is -2.02. The lowest BCUT2D eigenvalue weighted by Gasteiger charge is -2.04. The zero-order valence-electron chi connectivity index (χ0n) is 9.64. The molecule has 2 aromatic rings. The molecule has 0 aliphatic heterocycles. The van der Waals surface area contributed by atoms with Crippen LogP contribution in [-0.2, 0) is 6.42 Å². The molecule has 17 heavy (non-hydrogen) atoms. The normalized spacial score (nSPS) is 10.2. The van der Waals surface area contributed by atoms with Crippen LogP contribution in [0.1, 0.15) is 5.69 Å². The van der Waals surface area contributed by atoms with Crippen molar-refractivity contribution >= 4 is 22.2 Å². The van der Waals surface area contributed by atoms with Crippen LogP contribution in [0.15, 0.2) is 29.6 Å². The summed E-state index contributed by atoms with van der Waals surface area (Å²) >= 11 is 1.58. The zero-order chi connectivity index (χ0) is 12.1. The van der Waals surface area contributed by atoms with Crippen LogP contribution in [0.2, 0.25) is 0 Å². The molecule has 0 fully saturated rings. The van der Waals surface area contributed by atoms with Crippen molar-refractivity contribution in [3.05, 3.63) is 35.3 Å². The molecule has 0 saturated carbocycles.